The van der Waals surface area contributed by atoms with Gasteiger partial charge in [0.25, 0.3) is 5.91 Å². The first-order valence-electron chi connectivity index (χ1n) is 7.38. The maximum absolute atomic E-state index is 11.7. The van der Waals surface area contributed by atoms with Gasteiger partial charge in [-0.1, -0.05) is 25.0 Å². The number of benzene rings is 1. The Labute approximate surface area is 120 Å². The van der Waals surface area contributed by atoms with E-state index in [0.29, 0.717) is 12.1 Å². The molecule has 4 nitrogen and oxygen atoms in total. The molecule has 1 aliphatic carbocycles. The number of carbonyl (C=O) groups excluding carboxylic acids is 1. The first kappa shape index (κ1) is 14.9. The van der Waals surface area contributed by atoms with Crippen LogP contribution in [0, 0.1) is 0 Å². The van der Waals surface area contributed by atoms with Gasteiger partial charge in [-0.25, -0.2) is 0 Å². The monoisotopic (exact) mass is 276 g/mol. The van der Waals surface area contributed by atoms with Gasteiger partial charge in [-0.2, -0.15) is 0 Å². The van der Waals surface area contributed by atoms with Crippen molar-refractivity contribution < 1.29 is 9.53 Å². The first-order chi connectivity index (χ1) is 9.69. The van der Waals surface area contributed by atoms with E-state index in [1.165, 1.54) is 18.4 Å². The summed E-state index contributed by atoms with van der Waals surface area (Å²) in [6.07, 6.45) is 4.64. The Balaban J connectivity index is 1.77. The fourth-order valence-corrected chi connectivity index (χ4v) is 2.51. The lowest BCUT2D eigenvalue weighted by atomic mass is 10.1. The molecule has 2 rings (SSSR count). The van der Waals surface area contributed by atoms with Crippen LogP contribution >= 0.6 is 0 Å². The molecule has 2 N–H and O–H groups in total. The highest BCUT2D eigenvalue weighted by atomic mass is 16.5. The molecule has 0 saturated heterocycles. The fourth-order valence-electron chi connectivity index (χ4n) is 2.51. The number of hydrogen-bond donors (Lipinski definition) is 2. The summed E-state index contributed by atoms with van der Waals surface area (Å²) in [5.41, 5.74) is 1.20. The average molecular weight is 276 g/mol. The van der Waals surface area contributed by atoms with Crippen LogP contribution in [-0.2, 0) is 4.79 Å². The molecule has 1 aliphatic rings. The van der Waals surface area contributed by atoms with E-state index in [2.05, 4.69) is 17.6 Å². The predicted molar refractivity (Wildman–Crippen MR) is 79.8 cm³/mol. The smallest absolute Gasteiger partial charge is 0.258 e. The lowest BCUT2D eigenvalue weighted by molar-refractivity contribution is -0.123. The van der Waals surface area contributed by atoms with Crippen molar-refractivity contribution >= 4 is 5.91 Å². The zero-order valence-corrected chi connectivity index (χ0v) is 12.3. The minimum atomic E-state index is -0.0235. The van der Waals surface area contributed by atoms with E-state index >= 15 is 0 Å². The van der Waals surface area contributed by atoms with E-state index in [9.17, 15) is 4.79 Å². The highest BCUT2D eigenvalue weighted by molar-refractivity contribution is 5.77. The van der Waals surface area contributed by atoms with Crippen LogP contribution in [-0.4, -0.2) is 25.6 Å². The molecule has 1 fully saturated rings. The van der Waals surface area contributed by atoms with Crippen LogP contribution in [0.5, 0.6) is 5.75 Å². The molecule has 0 aliphatic heterocycles. The van der Waals surface area contributed by atoms with E-state index in [1.54, 1.807) is 0 Å². The van der Waals surface area contributed by atoms with Crippen molar-refractivity contribution in [2.24, 2.45) is 0 Å². The van der Waals surface area contributed by atoms with E-state index in [-0.39, 0.29) is 12.5 Å². The van der Waals surface area contributed by atoms with Crippen molar-refractivity contribution in [1.82, 2.24) is 10.6 Å². The zero-order valence-electron chi connectivity index (χ0n) is 12.3. The Morgan fingerprint density at radius 1 is 1.30 bits per heavy atom. The molecule has 1 amide bonds. The van der Waals surface area contributed by atoms with Crippen molar-refractivity contribution in [2.75, 3.05) is 13.7 Å². The number of amides is 1. The van der Waals surface area contributed by atoms with Gasteiger partial charge in [0.05, 0.1) is 0 Å². The summed E-state index contributed by atoms with van der Waals surface area (Å²) in [4.78, 5) is 11.7. The zero-order chi connectivity index (χ0) is 14.4. The van der Waals surface area contributed by atoms with E-state index in [0.717, 1.165) is 18.6 Å². The Hall–Kier alpha value is -1.55. The summed E-state index contributed by atoms with van der Waals surface area (Å²) in [5.74, 6) is 0.711. The third kappa shape index (κ3) is 4.23. The second kappa shape index (κ2) is 7.29. The van der Waals surface area contributed by atoms with Crippen LogP contribution in [0.4, 0.5) is 0 Å². The van der Waals surface area contributed by atoms with Gasteiger partial charge < -0.3 is 15.4 Å². The topological polar surface area (TPSA) is 50.4 Å². The molecule has 110 valence electrons. The van der Waals surface area contributed by atoms with E-state index in [4.69, 9.17) is 4.74 Å². The lowest BCUT2D eigenvalue weighted by Crippen LogP contribution is -2.36. The molecule has 20 heavy (non-hydrogen) atoms. The van der Waals surface area contributed by atoms with Crippen LogP contribution in [0.2, 0.25) is 0 Å². The molecule has 1 saturated carbocycles. The normalized spacial score (nSPS) is 16.9. The minimum absolute atomic E-state index is 0.0235. The van der Waals surface area contributed by atoms with Gasteiger partial charge in [0, 0.05) is 12.1 Å². The molecule has 0 heterocycles. The van der Waals surface area contributed by atoms with Crippen LogP contribution in [0.1, 0.15) is 44.2 Å². The molecule has 4 heteroatoms. The third-order valence-corrected chi connectivity index (χ3v) is 3.90. The summed E-state index contributed by atoms with van der Waals surface area (Å²) in [7, 11) is 1.93. The fraction of sp³-hybridized carbons (Fsp3) is 0.562. The van der Waals surface area contributed by atoms with Crippen LogP contribution in [0.15, 0.2) is 24.3 Å². The molecular formula is C16H24N2O2. The van der Waals surface area contributed by atoms with Gasteiger partial charge in [0.15, 0.2) is 6.61 Å². The van der Waals surface area contributed by atoms with Gasteiger partial charge in [0.1, 0.15) is 5.75 Å². The van der Waals surface area contributed by atoms with E-state index < -0.39 is 0 Å². The molecule has 0 spiro atoms. The number of carbonyl (C=O) groups is 1. The number of rotatable bonds is 6. The molecule has 0 bridgehead atoms. The van der Waals surface area contributed by atoms with Crippen molar-refractivity contribution in [3.8, 4) is 5.75 Å². The number of nitrogens with one attached hydrogen (secondary N) is 2. The summed E-state index contributed by atoms with van der Waals surface area (Å²) in [5, 5.41) is 6.20. The van der Waals surface area contributed by atoms with Gasteiger partial charge in [0.2, 0.25) is 0 Å². The lowest BCUT2D eigenvalue weighted by Gasteiger charge is -2.13. The Morgan fingerprint density at radius 3 is 2.55 bits per heavy atom. The third-order valence-electron chi connectivity index (χ3n) is 3.90. The Bertz CT molecular complexity index is 425. The SMILES string of the molecule is CNC(C)c1ccc(OCC(=O)NC2CCCC2)cc1. The van der Waals surface area contributed by atoms with Gasteiger partial charge in [-0.15, -0.1) is 0 Å². The number of ether oxygens (including phenoxy) is 1. The molecule has 1 aromatic rings. The minimum Gasteiger partial charge on any atom is -0.484 e. The highest BCUT2D eigenvalue weighted by Gasteiger charge is 2.17. The number of hydrogen-bond acceptors (Lipinski definition) is 3. The van der Waals surface area contributed by atoms with Crippen molar-refractivity contribution in [3.63, 3.8) is 0 Å². The standard InChI is InChI=1S/C16H24N2O2/c1-12(17-2)13-7-9-15(10-8-13)20-11-16(19)18-14-5-3-4-6-14/h7-10,12,14,17H,3-6,11H2,1-2H3,(H,18,19). The summed E-state index contributed by atoms with van der Waals surface area (Å²) < 4.78 is 5.51. The molecule has 0 radical (unpaired) electrons. The van der Waals surface area contributed by atoms with E-state index in [1.807, 2.05) is 31.3 Å². The Kier molecular flexibility index (Phi) is 5.41. The molecule has 1 unspecified atom stereocenters. The largest absolute Gasteiger partial charge is 0.484 e. The van der Waals surface area contributed by atoms with Gasteiger partial charge >= 0.3 is 0 Å². The quantitative estimate of drug-likeness (QED) is 0.839. The van der Waals surface area contributed by atoms with Crippen LogP contribution < -0.4 is 15.4 Å². The Morgan fingerprint density at radius 2 is 1.95 bits per heavy atom. The second-order valence-corrected chi connectivity index (χ2v) is 5.42. The van der Waals surface area contributed by atoms with Gasteiger partial charge in [-0.05, 0) is 44.5 Å². The maximum Gasteiger partial charge on any atom is 0.258 e. The van der Waals surface area contributed by atoms with Crippen molar-refractivity contribution in [3.05, 3.63) is 29.8 Å². The maximum atomic E-state index is 11.7. The van der Waals surface area contributed by atoms with Gasteiger partial charge in [-0.3, -0.25) is 4.79 Å². The molecule has 1 atom stereocenters. The molecule has 1 aromatic carbocycles. The van der Waals surface area contributed by atoms with Crippen LogP contribution in [0.25, 0.3) is 0 Å². The molecular weight excluding hydrogens is 252 g/mol. The highest BCUT2D eigenvalue weighted by Crippen LogP contribution is 2.18. The molecule has 0 aromatic heterocycles. The van der Waals surface area contributed by atoms with Crippen molar-refractivity contribution in [2.45, 2.75) is 44.7 Å². The average Bonchev–Trinajstić information content (AvgIpc) is 2.97. The first-order valence-corrected chi connectivity index (χ1v) is 7.38. The summed E-state index contributed by atoms with van der Waals surface area (Å²) >= 11 is 0. The second-order valence-electron chi connectivity index (χ2n) is 5.42. The predicted octanol–water partition coefficient (Wildman–Crippen LogP) is 2.40. The summed E-state index contributed by atoms with van der Waals surface area (Å²) in [6, 6.07) is 8.52. The summed E-state index contributed by atoms with van der Waals surface area (Å²) in [6.45, 7) is 2.20. The van der Waals surface area contributed by atoms with Crippen LogP contribution in [0.3, 0.4) is 0 Å². The van der Waals surface area contributed by atoms with Crippen molar-refractivity contribution in [1.29, 1.82) is 0 Å².